The molecule has 10 rings (SSSR count). The predicted molar refractivity (Wildman–Crippen MR) is 219 cm³/mol. The summed E-state index contributed by atoms with van der Waals surface area (Å²) in [6.07, 6.45) is 4.34. The molecule has 6 aliphatic heterocycles. The monoisotopic (exact) mass is 837 g/mol. The molecule has 0 bridgehead atoms. The van der Waals surface area contributed by atoms with Crippen LogP contribution >= 0.6 is 0 Å². The fourth-order valence-corrected chi connectivity index (χ4v) is 10.9. The van der Waals surface area contributed by atoms with Crippen molar-refractivity contribution in [2.45, 2.75) is 62.9 Å². The highest BCUT2D eigenvalue weighted by Gasteiger charge is 2.46. The van der Waals surface area contributed by atoms with Crippen molar-refractivity contribution >= 4 is 29.1 Å². The van der Waals surface area contributed by atoms with Gasteiger partial charge in [0.05, 0.1) is 6.61 Å². The zero-order valence-corrected chi connectivity index (χ0v) is 33.6. The second-order valence-electron chi connectivity index (χ2n) is 17.9. The molecule has 4 aromatic carbocycles. The number of anilines is 2. The molecule has 1 spiro atoms. The number of carbonyl (C=O) groups excluding carboxylic acids is 3. The van der Waals surface area contributed by atoms with Crippen LogP contribution in [-0.4, -0.2) is 91.1 Å². The quantitative estimate of drug-likeness (QED) is 0.154. The Labute approximate surface area is 351 Å². The number of phenols is 1. The maximum atomic E-state index is 16.1. The minimum absolute atomic E-state index is 0.0459. The number of benzene rings is 4. The summed E-state index contributed by atoms with van der Waals surface area (Å²) in [5.74, 6) is -5.21. The molecule has 14 heteroatoms. The van der Waals surface area contributed by atoms with E-state index in [2.05, 4.69) is 21.2 Å². The van der Waals surface area contributed by atoms with Gasteiger partial charge < -0.3 is 29.4 Å². The van der Waals surface area contributed by atoms with Crippen LogP contribution < -0.4 is 19.9 Å². The van der Waals surface area contributed by atoms with Crippen molar-refractivity contribution in [3.63, 3.8) is 0 Å². The number of nitrogens with one attached hydrogen (secondary N) is 1. The van der Waals surface area contributed by atoms with Crippen LogP contribution in [0.4, 0.5) is 28.9 Å². The number of nitrogens with zero attached hydrogens (tertiary/aromatic N) is 4. The van der Waals surface area contributed by atoms with Crippen LogP contribution in [0.25, 0.3) is 0 Å². The van der Waals surface area contributed by atoms with Gasteiger partial charge in [-0.3, -0.25) is 19.7 Å². The fourth-order valence-electron chi connectivity index (χ4n) is 10.9. The average molecular weight is 838 g/mol. The van der Waals surface area contributed by atoms with E-state index in [1.54, 1.807) is 15.9 Å². The molecule has 2 N–H and O–H groups in total. The molecule has 3 amide bonds. The smallest absolute Gasteiger partial charge is 0.255 e. The number of likely N-dealkylation sites (tertiary alicyclic amines) is 1. The van der Waals surface area contributed by atoms with Gasteiger partial charge in [-0.15, -0.1) is 0 Å². The summed E-state index contributed by atoms with van der Waals surface area (Å²) in [5, 5.41) is 12.5. The van der Waals surface area contributed by atoms with E-state index >= 15 is 13.2 Å². The number of rotatable bonds is 7. The lowest BCUT2D eigenvalue weighted by Crippen LogP contribution is -2.60. The largest absolute Gasteiger partial charge is 0.508 e. The van der Waals surface area contributed by atoms with Crippen molar-refractivity contribution in [2.75, 3.05) is 62.2 Å². The third-order valence-corrected chi connectivity index (χ3v) is 14.2. The van der Waals surface area contributed by atoms with Gasteiger partial charge in [-0.25, -0.2) is 17.6 Å². The van der Waals surface area contributed by atoms with Gasteiger partial charge in [0.15, 0.2) is 11.6 Å². The van der Waals surface area contributed by atoms with Crippen LogP contribution in [0.15, 0.2) is 66.7 Å². The van der Waals surface area contributed by atoms with Crippen LogP contribution in [0.3, 0.4) is 0 Å². The maximum absolute atomic E-state index is 16.1. The Morgan fingerprint density at radius 3 is 2.30 bits per heavy atom. The van der Waals surface area contributed by atoms with E-state index in [-0.39, 0.29) is 52.8 Å². The van der Waals surface area contributed by atoms with Crippen molar-refractivity contribution in [1.29, 1.82) is 0 Å². The average Bonchev–Trinajstić information content (AvgIpc) is 3.56. The number of hydrogen-bond donors (Lipinski definition) is 2. The number of amides is 3. The van der Waals surface area contributed by atoms with Gasteiger partial charge in [0, 0.05) is 85.8 Å². The first-order chi connectivity index (χ1) is 29.4. The molecule has 61 heavy (non-hydrogen) atoms. The molecule has 0 radical (unpaired) electrons. The van der Waals surface area contributed by atoms with Crippen LogP contribution in [0, 0.1) is 34.6 Å². The van der Waals surface area contributed by atoms with Crippen LogP contribution in [0.1, 0.15) is 83.0 Å². The maximum Gasteiger partial charge on any atom is 0.255 e. The molecular formula is C47H47F4N5O5. The van der Waals surface area contributed by atoms with Crippen LogP contribution in [0.2, 0.25) is 0 Å². The number of aromatic hydroxyl groups is 1. The van der Waals surface area contributed by atoms with Gasteiger partial charge in [0.2, 0.25) is 11.8 Å². The highest BCUT2D eigenvalue weighted by Crippen LogP contribution is 2.49. The number of piperidine rings is 3. The summed E-state index contributed by atoms with van der Waals surface area (Å²) in [7, 11) is 0. The van der Waals surface area contributed by atoms with Crippen LogP contribution in [0.5, 0.6) is 11.5 Å². The van der Waals surface area contributed by atoms with Gasteiger partial charge in [0.1, 0.15) is 34.9 Å². The zero-order valence-electron chi connectivity index (χ0n) is 33.6. The number of halogens is 4. The number of fused-ring (bicyclic) bond motifs is 2. The highest BCUT2D eigenvalue weighted by molar-refractivity contribution is 6.05. The Hall–Kier alpha value is -5.63. The van der Waals surface area contributed by atoms with Gasteiger partial charge in [-0.05, 0) is 110 Å². The molecule has 3 atom stereocenters. The third-order valence-electron chi connectivity index (χ3n) is 14.2. The minimum Gasteiger partial charge on any atom is -0.508 e. The van der Waals surface area contributed by atoms with E-state index in [1.165, 1.54) is 36.4 Å². The van der Waals surface area contributed by atoms with E-state index in [0.717, 1.165) is 75.7 Å². The third kappa shape index (κ3) is 7.15. The lowest BCUT2D eigenvalue weighted by molar-refractivity contribution is -0.136. The van der Waals surface area contributed by atoms with E-state index in [1.807, 2.05) is 12.1 Å². The number of carbonyl (C=O) groups is 3. The minimum atomic E-state index is -1.03. The lowest BCUT2D eigenvalue weighted by atomic mass is 9.71. The predicted octanol–water partition coefficient (Wildman–Crippen LogP) is 6.84. The second kappa shape index (κ2) is 15.4. The van der Waals surface area contributed by atoms with Crippen molar-refractivity contribution in [2.24, 2.45) is 11.3 Å². The molecule has 4 aromatic rings. The second-order valence-corrected chi connectivity index (χ2v) is 17.9. The summed E-state index contributed by atoms with van der Waals surface area (Å²) in [6, 6.07) is 16.3. The van der Waals surface area contributed by atoms with E-state index in [9.17, 15) is 23.9 Å². The Morgan fingerprint density at radius 1 is 0.803 bits per heavy atom. The first kappa shape index (κ1) is 39.5. The highest BCUT2D eigenvalue weighted by atomic mass is 19.2. The Kier molecular flexibility index (Phi) is 9.96. The summed E-state index contributed by atoms with van der Waals surface area (Å²) in [5.41, 5.74) is 3.61. The molecule has 318 valence electrons. The number of phenolic OH excluding ortho intramolecular Hbond substituents is 1. The Morgan fingerprint density at radius 2 is 1.56 bits per heavy atom. The summed E-state index contributed by atoms with van der Waals surface area (Å²) in [4.78, 5) is 45.5. The van der Waals surface area contributed by atoms with Gasteiger partial charge in [-0.2, -0.15) is 0 Å². The molecule has 10 nitrogen and oxygen atoms in total. The number of hydrogen-bond acceptors (Lipinski definition) is 8. The normalized spacial score (nSPS) is 24.0. The van der Waals surface area contributed by atoms with Crippen molar-refractivity contribution in [3.8, 4) is 11.5 Å². The first-order valence-electron chi connectivity index (χ1n) is 21.3. The molecule has 0 saturated carbocycles. The summed E-state index contributed by atoms with van der Waals surface area (Å²) in [6.45, 7) is 6.14. The Balaban J connectivity index is 0.739. The molecule has 0 aromatic heterocycles. The van der Waals surface area contributed by atoms with Gasteiger partial charge >= 0.3 is 0 Å². The van der Waals surface area contributed by atoms with E-state index in [0.29, 0.717) is 48.8 Å². The lowest BCUT2D eigenvalue weighted by Gasteiger charge is -2.55. The molecule has 4 saturated heterocycles. The van der Waals surface area contributed by atoms with E-state index in [4.69, 9.17) is 4.74 Å². The van der Waals surface area contributed by atoms with Crippen LogP contribution in [-0.2, 0) is 16.1 Å². The molecule has 4 fully saturated rings. The van der Waals surface area contributed by atoms with Gasteiger partial charge in [-0.1, -0.05) is 18.2 Å². The van der Waals surface area contributed by atoms with Crippen molar-refractivity contribution < 1.29 is 41.8 Å². The standard InChI is InChI=1S/C47H47F4N5O5/c48-36-3-1-2-33(43(36)51)35-24-61-40-21-31(57)5-7-34(40)42(35)28-19-37(49)44(38(50)20-28)54-14-10-27(11-15-54)22-53-16-12-47(13-17-53)25-55(26-47)30-4-6-32-29(18-30)23-56(46(32)60)39-8-9-41(58)52-45(39)59/h1-7,18-21,27,35,39,42,57H,8-17,22-26H2,(H,52,58,59)/t35-,39?,42-/m1/s1. The molecule has 6 heterocycles. The summed E-state index contributed by atoms with van der Waals surface area (Å²) < 4.78 is 67.6. The fraction of sp³-hybridized carbons (Fsp3) is 0.426. The van der Waals surface area contributed by atoms with Crippen molar-refractivity contribution in [3.05, 3.63) is 118 Å². The molecular weight excluding hydrogens is 791 g/mol. The first-order valence-corrected chi connectivity index (χ1v) is 21.3. The van der Waals surface area contributed by atoms with Crippen molar-refractivity contribution in [1.82, 2.24) is 15.1 Å². The molecule has 1 unspecified atom stereocenters. The van der Waals surface area contributed by atoms with Gasteiger partial charge in [0.25, 0.3) is 5.91 Å². The van der Waals surface area contributed by atoms with E-state index < -0.39 is 47.1 Å². The Bertz CT molecular complexity index is 2400. The molecule has 0 aliphatic carbocycles. The SMILES string of the molecule is O=C1CCC(N2Cc3cc(N4CC5(CCN(CC6CCN(c7c(F)cc([C@@H]8c9ccc(O)cc9OC[C@@H]8c8cccc(F)c8F)cc7F)CC6)CC5)C4)ccc3C2=O)C(=O)N1. The number of imide groups is 1. The summed E-state index contributed by atoms with van der Waals surface area (Å²) >= 11 is 0. The zero-order chi connectivity index (χ0) is 42.2. The molecule has 6 aliphatic rings. The topological polar surface area (TPSA) is 106 Å². The number of ether oxygens (including phenoxy) is 1.